The molecule has 2 nitrogen and oxygen atoms in total. The first-order valence-corrected chi connectivity index (χ1v) is 9.25. The van der Waals surface area contributed by atoms with E-state index in [4.69, 9.17) is 0 Å². The maximum absolute atomic E-state index is 3.90. The van der Waals surface area contributed by atoms with Crippen molar-refractivity contribution >= 4 is 0 Å². The first kappa shape index (κ1) is 16.3. The topological polar surface area (TPSA) is 15.3 Å². The van der Waals surface area contributed by atoms with Crippen LogP contribution in [0.1, 0.15) is 78.6 Å². The van der Waals surface area contributed by atoms with Crippen molar-refractivity contribution in [2.45, 2.75) is 90.1 Å². The lowest BCUT2D eigenvalue weighted by Crippen LogP contribution is -2.59. The number of hydrogen-bond donors (Lipinski definition) is 1. The first-order valence-electron chi connectivity index (χ1n) is 9.25. The van der Waals surface area contributed by atoms with Gasteiger partial charge in [0.2, 0.25) is 0 Å². The summed E-state index contributed by atoms with van der Waals surface area (Å²) < 4.78 is 0. The lowest BCUT2D eigenvalue weighted by atomic mass is 9.79. The van der Waals surface area contributed by atoms with E-state index in [1.807, 2.05) is 0 Å². The summed E-state index contributed by atoms with van der Waals surface area (Å²) in [5.74, 6) is 0.902. The minimum Gasteiger partial charge on any atom is -0.312 e. The van der Waals surface area contributed by atoms with Gasteiger partial charge in [0.15, 0.2) is 0 Å². The van der Waals surface area contributed by atoms with Gasteiger partial charge in [0.25, 0.3) is 0 Å². The summed E-state index contributed by atoms with van der Waals surface area (Å²) in [7, 11) is 0. The van der Waals surface area contributed by atoms with Gasteiger partial charge >= 0.3 is 0 Å². The monoisotopic (exact) mass is 280 g/mol. The molecule has 2 rings (SSSR count). The van der Waals surface area contributed by atoms with Crippen LogP contribution in [0.5, 0.6) is 0 Å². The van der Waals surface area contributed by atoms with E-state index in [0.29, 0.717) is 5.54 Å². The van der Waals surface area contributed by atoms with Crippen molar-refractivity contribution in [1.82, 2.24) is 10.2 Å². The van der Waals surface area contributed by atoms with E-state index in [0.717, 1.165) is 18.5 Å². The van der Waals surface area contributed by atoms with Crippen LogP contribution in [0.15, 0.2) is 0 Å². The summed E-state index contributed by atoms with van der Waals surface area (Å²) >= 11 is 0. The Morgan fingerprint density at radius 2 is 1.55 bits per heavy atom. The van der Waals surface area contributed by atoms with E-state index < -0.39 is 0 Å². The Morgan fingerprint density at radius 1 is 0.950 bits per heavy atom. The molecule has 1 saturated heterocycles. The average Bonchev–Trinajstić information content (AvgIpc) is 3.13. The molecular weight excluding hydrogens is 244 g/mol. The molecule has 0 amide bonds. The van der Waals surface area contributed by atoms with Gasteiger partial charge in [-0.15, -0.1) is 0 Å². The minimum absolute atomic E-state index is 0.495. The van der Waals surface area contributed by atoms with Crippen LogP contribution in [-0.4, -0.2) is 36.1 Å². The van der Waals surface area contributed by atoms with Crippen LogP contribution in [0, 0.1) is 5.92 Å². The Morgan fingerprint density at radius 3 is 2.05 bits per heavy atom. The normalized spacial score (nSPS) is 24.6. The molecule has 0 spiro atoms. The fraction of sp³-hybridized carbons (Fsp3) is 1.00. The van der Waals surface area contributed by atoms with Gasteiger partial charge in [0.05, 0.1) is 0 Å². The smallest absolute Gasteiger partial charge is 0.0362 e. The Bertz CT molecular complexity index is 261. The van der Waals surface area contributed by atoms with Crippen molar-refractivity contribution in [2.75, 3.05) is 19.6 Å². The molecule has 2 heteroatoms. The van der Waals surface area contributed by atoms with E-state index in [2.05, 4.69) is 31.0 Å². The number of nitrogens with zero attached hydrogens (tertiary/aromatic N) is 1. The average molecular weight is 280 g/mol. The van der Waals surface area contributed by atoms with Crippen LogP contribution < -0.4 is 5.32 Å². The number of rotatable bonds is 8. The molecule has 118 valence electrons. The van der Waals surface area contributed by atoms with Crippen molar-refractivity contribution in [2.24, 2.45) is 5.92 Å². The summed E-state index contributed by atoms with van der Waals surface area (Å²) in [6.07, 6.45) is 12.7. The third-order valence-corrected chi connectivity index (χ3v) is 6.03. The van der Waals surface area contributed by atoms with Crippen molar-refractivity contribution in [1.29, 1.82) is 0 Å². The lowest BCUT2D eigenvalue weighted by molar-refractivity contribution is 0.0654. The molecule has 1 unspecified atom stereocenters. The van der Waals surface area contributed by atoms with Gasteiger partial charge in [-0.2, -0.15) is 0 Å². The molecule has 1 saturated carbocycles. The fourth-order valence-electron chi connectivity index (χ4n) is 4.73. The molecule has 1 heterocycles. The second-order valence-electron chi connectivity index (χ2n) is 7.03. The predicted octanol–water partition coefficient (Wildman–Crippen LogP) is 4.20. The summed E-state index contributed by atoms with van der Waals surface area (Å²) in [4.78, 5) is 2.87. The zero-order valence-electron chi connectivity index (χ0n) is 14.1. The molecule has 20 heavy (non-hydrogen) atoms. The maximum Gasteiger partial charge on any atom is 0.0362 e. The van der Waals surface area contributed by atoms with Gasteiger partial charge < -0.3 is 5.32 Å². The third kappa shape index (κ3) is 3.39. The van der Waals surface area contributed by atoms with Crippen LogP contribution in [0.2, 0.25) is 0 Å². The highest BCUT2D eigenvalue weighted by Gasteiger charge is 2.46. The third-order valence-electron chi connectivity index (χ3n) is 6.03. The molecule has 2 aliphatic rings. The quantitative estimate of drug-likeness (QED) is 0.717. The molecule has 0 aromatic heterocycles. The van der Waals surface area contributed by atoms with Gasteiger partial charge in [0, 0.05) is 11.6 Å². The van der Waals surface area contributed by atoms with Crippen molar-refractivity contribution in [3.05, 3.63) is 0 Å². The molecule has 0 radical (unpaired) electrons. The number of nitrogens with one attached hydrogen (secondary N) is 1. The fourth-order valence-corrected chi connectivity index (χ4v) is 4.73. The van der Waals surface area contributed by atoms with Gasteiger partial charge in [-0.1, -0.05) is 46.5 Å². The van der Waals surface area contributed by atoms with Crippen molar-refractivity contribution in [3.63, 3.8) is 0 Å². The minimum atomic E-state index is 0.495. The van der Waals surface area contributed by atoms with Crippen LogP contribution in [0.25, 0.3) is 0 Å². The molecule has 1 atom stereocenters. The highest BCUT2D eigenvalue weighted by atomic mass is 15.2. The zero-order chi connectivity index (χ0) is 14.4. The van der Waals surface area contributed by atoms with E-state index in [1.165, 1.54) is 70.9 Å². The van der Waals surface area contributed by atoms with Crippen LogP contribution in [0.4, 0.5) is 0 Å². The molecule has 0 aromatic rings. The van der Waals surface area contributed by atoms with E-state index in [-0.39, 0.29) is 0 Å². The SMILES string of the molecule is CCNC(CC(CC)CC)C1(N2CCCC2)CCCC1. The van der Waals surface area contributed by atoms with Gasteiger partial charge in [0.1, 0.15) is 0 Å². The number of hydrogen-bond acceptors (Lipinski definition) is 2. The van der Waals surface area contributed by atoms with Crippen LogP contribution in [-0.2, 0) is 0 Å². The molecule has 1 aliphatic carbocycles. The second kappa shape index (κ2) is 7.79. The standard InChI is InChI=1S/C18H36N2/c1-4-16(5-2)15-17(19-6-3)18(11-7-8-12-18)20-13-9-10-14-20/h16-17,19H,4-15H2,1-3H3. The van der Waals surface area contributed by atoms with Crippen LogP contribution in [0.3, 0.4) is 0 Å². The molecule has 2 fully saturated rings. The van der Waals surface area contributed by atoms with Gasteiger partial charge in [-0.05, 0) is 57.7 Å². The number of likely N-dealkylation sites (tertiary alicyclic amines) is 1. The Kier molecular flexibility index (Phi) is 6.35. The lowest BCUT2D eigenvalue weighted by Gasteiger charge is -2.46. The van der Waals surface area contributed by atoms with Crippen molar-refractivity contribution in [3.8, 4) is 0 Å². The first-order chi connectivity index (χ1) is 9.76. The Labute approximate surface area is 126 Å². The molecule has 0 bridgehead atoms. The Balaban J connectivity index is 2.13. The van der Waals surface area contributed by atoms with E-state index in [9.17, 15) is 0 Å². The molecule has 0 aromatic carbocycles. The van der Waals surface area contributed by atoms with Gasteiger partial charge in [-0.25, -0.2) is 0 Å². The summed E-state index contributed by atoms with van der Waals surface area (Å²) in [5, 5.41) is 3.90. The second-order valence-corrected chi connectivity index (χ2v) is 7.03. The predicted molar refractivity (Wildman–Crippen MR) is 88.2 cm³/mol. The summed E-state index contributed by atoms with van der Waals surface area (Å²) in [6, 6.07) is 0.720. The Hall–Kier alpha value is -0.0800. The zero-order valence-corrected chi connectivity index (χ0v) is 14.1. The highest BCUT2D eigenvalue weighted by molar-refractivity contribution is 5.05. The van der Waals surface area contributed by atoms with E-state index in [1.54, 1.807) is 0 Å². The molecule has 1 N–H and O–H groups in total. The highest BCUT2D eigenvalue weighted by Crippen LogP contribution is 2.42. The molecular formula is C18H36N2. The van der Waals surface area contributed by atoms with Gasteiger partial charge in [-0.3, -0.25) is 4.90 Å². The largest absolute Gasteiger partial charge is 0.312 e. The number of likely N-dealkylation sites (N-methyl/N-ethyl adjacent to an activating group) is 1. The summed E-state index contributed by atoms with van der Waals surface area (Å²) in [5.41, 5.74) is 0.495. The molecule has 1 aliphatic heterocycles. The summed E-state index contributed by atoms with van der Waals surface area (Å²) in [6.45, 7) is 10.9. The van der Waals surface area contributed by atoms with Crippen molar-refractivity contribution < 1.29 is 0 Å². The maximum atomic E-state index is 3.90. The van der Waals surface area contributed by atoms with E-state index >= 15 is 0 Å². The van der Waals surface area contributed by atoms with Crippen LogP contribution >= 0.6 is 0 Å².